The van der Waals surface area contributed by atoms with Crippen LogP contribution in [0.1, 0.15) is 6.42 Å². The van der Waals surface area contributed by atoms with Crippen LogP contribution in [-0.2, 0) is 14.3 Å². The molecule has 2 heterocycles. The van der Waals surface area contributed by atoms with E-state index in [4.69, 9.17) is 4.74 Å². The molecule has 0 radical (unpaired) electrons. The van der Waals surface area contributed by atoms with Gasteiger partial charge in [0.1, 0.15) is 0 Å². The molecule has 0 bridgehead atoms. The number of carbonyl (C=O) groups excluding carboxylic acids is 2. The number of nitrogens with zero attached hydrogens (tertiary/aromatic N) is 2. The molecule has 1 fully saturated rings. The van der Waals surface area contributed by atoms with E-state index in [9.17, 15) is 9.59 Å². The van der Waals surface area contributed by atoms with Crippen molar-refractivity contribution in [1.29, 1.82) is 0 Å². The Bertz CT molecular complexity index is 678. The van der Waals surface area contributed by atoms with E-state index in [0.29, 0.717) is 6.54 Å². The van der Waals surface area contributed by atoms with Crippen LogP contribution >= 0.6 is 0 Å². The van der Waals surface area contributed by atoms with Crippen LogP contribution in [0.4, 0.5) is 5.69 Å². The summed E-state index contributed by atoms with van der Waals surface area (Å²) in [6, 6.07) is 7.60. The van der Waals surface area contributed by atoms with Crippen LogP contribution < -0.4 is 4.90 Å². The molecule has 1 aliphatic rings. The summed E-state index contributed by atoms with van der Waals surface area (Å²) >= 11 is 0. The number of methoxy groups -OCH3 is 1. The molecule has 1 saturated heterocycles. The smallest absolute Gasteiger partial charge is 0.311 e. The summed E-state index contributed by atoms with van der Waals surface area (Å²) in [6.07, 6.45) is 3.66. The fourth-order valence-corrected chi connectivity index (χ4v) is 2.61. The van der Waals surface area contributed by atoms with Crippen molar-refractivity contribution in [2.24, 2.45) is 5.92 Å². The van der Waals surface area contributed by atoms with E-state index in [1.54, 1.807) is 17.3 Å². The molecule has 0 saturated carbocycles. The average Bonchev–Trinajstić information content (AvgIpc) is 2.87. The second kappa shape index (κ2) is 4.92. The lowest BCUT2D eigenvalue weighted by Gasteiger charge is -2.18. The molecule has 0 N–H and O–H groups in total. The van der Waals surface area contributed by atoms with Gasteiger partial charge in [-0.3, -0.25) is 14.6 Å². The lowest BCUT2D eigenvalue weighted by Crippen LogP contribution is -2.26. The lowest BCUT2D eigenvalue weighted by atomic mass is 10.1. The standard InChI is InChI=1S/C15H14N2O3/c1-20-15(19)11-7-14(18)17(9-11)13-4-2-3-10-8-16-6-5-12(10)13/h2-6,8,11H,7,9H2,1H3. The molecule has 1 unspecified atom stereocenters. The summed E-state index contributed by atoms with van der Waals surface area (Å²) in [4.78, 5) is 29.5. The maximum atomic E-state index is 12.2. The fraction of sp³-hybridized carbons (Fsp3) is 0.267. The van der Waals surface area contributed by atoms with Crippen LogP contribution in [0, 0.1) is 5.92 Å². The number of rotatable bonds is 2. The molecule has 0 aliphatic carbocycles. The number of hydrogen-bond acceptors (Lipinski definition) is 4. The topological polar surface area (TPSA) is 59.5 Å². The highest BCUT2D eigenvalue weighted by Gasteiger charge is 2.36. The summed E-state index contributed by atoms with van der Waals surface area (Å²) < 4.78 is 4.73. The Hall–Kier alpha value is -2.43. The number of ether oxygens (including phenoxy) is 1. The first-order chi connectivity index (χ1) is 9.70. The maximum Gasteiger partial charge on any atom is 0.311 e. The van der Waals surface area contributed by atoms with E-state index >= 15 is 0 Å². The van der Waals surface area contributed by atoms with Crippen molar-refractivity contribution in [3.8, 4) is 0 Å². The Morgan fingerprint density at radius 2 is 2.25 bits per heavy atom. The van der Waals surface area contributed by atoms with Crippen LogP contribution in [-0.4, -0.2) is 30.5 Å². The number of hydrogen-bond donors (Lipinski definition) is 0. The Labute approximate surface area is 116 Å². The van der Waals surface area contributed by atoms with Crippen LogP contribution in [0.5, 0.6) is 0 Å². The number of carbonyl (C=O) groups is 2. The first kappa shape index (κ1) is 12.6. The van der Waals surface area contributed by atoms with Crippen molar-refractivity contribution in [3.63, 3.8) is 0 Å². The maximum absolute atomic E-state index is 12.2. The van der Waals surface area contributed by atoms with Gasteiger partial charge in [0, 0.05) is 36.1 Å². The highest BCUT2D eigenvalue weighted by Crippen LogP contribution is 2.31. The van der Waals surface area contributed by atoms with Gasteiger partial charge in [-0.1, -0.05) is 12.1 Å². The Morgan fingerprint density at radius 1 is 1.40 bits per heavy atom. The van der Waals surface area contributed by atoms with Gasteiger partial charge in [0.15, 0.2) is 0 Å². The Balaban J connectivity index is 2.00. The van der Waals surface area contributed by atoms with Gasteiger partial charge in [0.25, 0.3) is 0 Å². The zero-order valence-electron chi connectivity index (χ0n) is 11.1. The third-order valence-corrected chi connectivity index (χ3v) is 3.61. The van der Waals surface area contributed by atoms with Gasteiger partial charge in [0.2, 0.25) is 5.91 Å². The third-order valence-electron chi connectivity index (χ3n) is 3.61. The second-order valence-corrected chi connectivity index (χ2v) is 4.80. The highest BCUT2D eigenvalue weighted by atomic mass is 16.5. The van der Waals surface area contributed by atoms with E-state index in [0.717, 1.165) is 16.5 Å². The Morgan fingerprint density at radius 3 is 3.05 bits per heavy atom. The highest BCUT2D eigenvalue weighted by molar-refractivity contribution is 6.06. The number of amides is 1. The molecule has 3 rings (SSSR count). The minimum Gasteiger partial charge on any atom is -0.469 e. The number of pyridine rings is 1. The molecule has 1 aromatic heterocycles. The van der Waals surface area contributed by atoms with E-state index in [2.05, 4.69) is 4.98 Å². The van der Waals surface area contributed by atoms with Crippen LogP contribution in [0.15, 0.2) is 36.7 Å². The average molecular weight is 270 g/mol. The predicted molar refractivity (Wildman–Crippen MR) is 74.2 cm³/mol. The Kier molecular flexibility index (Phi) is 3.10. The molecule has 1 aliphatic heterocycles. The van der Waals surface area contributed by atoms with Crippen LogP contribution in [0.3, 0.4) is 0 Å². The van der Waals surface area contributed by atoms with Crippen LogP contribution in [0.25, 0.3) is 10.8 Å². The van der Waals surface area contributed by atoms with E-state index < -0.39 is 0 Å². The molecule has 20 heavy (non-hydrogen) atoms. The molecular formula is C15H14N2O3. The number of fused-ring (bicyclic) bond motifs is 1. The number of anilines is 1. The number of benzene rings is 1. The molecule has 1 atom stereocenters. The molecule has 1 aromatic carbocycles. The first-order valence-corrected chi connectivity index (χ1v) is 6.41. The molecule has 2 aromatic rings. The van der Waals surface area contributed by atoms with Crippen molar-refractivity contribution in [3.05, 3.63) is 36.7 Å². The van der Waals surface area contributed by atoms with Gasteiger partial charge in [-0.25, -0.2) is 0 Å². The fourth-order valence-electron chi connectivity index (χ4n) is 2.61. The summed E-state index contributed by atoms with van der Waals surface area (Å²) in [5, 5.41) is 1.93. The quantitative estimate of drug-likeness (QED) is 0.780. The molecule has 0 spiro atoms. The number of esters is 1. The summed E-state index contributed by atoms with van der Waals surface area (Å²) in [5.41, 5.74) is 0.821. The van der Waals surface area contributed by atoms with Gasteiger partial charge >= 0.3 is 5.97 Å². The van der Waals surface area contributed by atoms with Crippen LogP contribution in [0.2, 0.25) is 0 Å². The molecule has 5 nitrogen and oxygen atoms in total. The SMILES string of the molecule is COC(=O)C1CC(=O)N(c2cccc3cnccc23)C1. The van der Waals surface area contributed by atoms with E-state index in [1.165, 1.54) is 7.11 Å². The van der Waals surface area contributed by atoms with Gasteiger partial charge < -0.3 is 9.64 Å². The third kappa shape index (κ3) is 2.01. The normalized spacial score (nSPS) is 18.6. The van der Waals surface area contributed by atoms with Crippen molar-refractivity contribution < 1.29 is 14.3 Å². The molecule has 5 heteroatoms. The predicted octanol–water partition coefficient (Wildman–Crippen LogP) is 1.76. The molecule has 1 amide bonds. The van der Waals surface area contributed by atoms with Gasteiger partial charge in [-0.15, -0.1) is 0 Å². The minimum absolute atomic E-state index is 0.0512. The molecular weight excluding hydrogens is 256 g/mol. The number of aromatic nitrogens is 1. The summed E-state index contributed by atoms with van der Waals surface area (Å²) in [6.45, 7) is 0.368. The summed E-state index contributed by atoms with van der Waals surface area (Å²) in [5.74, 6) is -0.767. The lowest BCUT2D eigenvalue weighted by molar-refractivity contribution is -0.145. The minimum atomic E-state index is -0.385. The van der Waals surface area contributed by atoms with Crippen molar-refractivity contribution >= 4 is 28.3 Å². The second-order valence-electron chi connectivity index (χ2n) is 4.80. The monoisotopic (exact) mass is 270 g/mol. The zero-order valence-corrected chi connectivity index (χ0v) is 11.1. The van der Waals surface area contributed by atoms with Gasteiger partial charge in [0.05, 0.1) is 18.7 Å². The van der Waals surface area contributed by atoms with Crippen molar-refractivity contribution in [2.75, 3.05) is 18.6 Å². The van der Waals surface area contributed by atoms with Gasteiger partial charge in [-0.2, -0.15) is 0 Å². The zero-order chi connectivity index (χ0) is 14.1. The van der Waals surface area contributed by atoms with E-state index in [1.807, 2.05) is 24.3 Å². The van der Waals surface area contributed by atoms with Crippen molar-refractivity contribution in [1.82, 2.24) is 4.98 Å². The van der Waals surface area contributed by atoms with E-state index in [-0.39, 0.29) is 24.2 Å². The van der Waals surface area contributed by atoms with Crippen molar-refractivity contribution in [2.45, 2.75) is 6.42 Å². The summed E-state index contributed by atoms with van der Waals surface area (Å²) in [7, 11) is 1.35. The largest absolute Gasteiger partial charge is 0.469 e. The van der Waals surface area contributed by atoms with Gasteiger partial charge in [-0.05, 0) is 12.1 Å². The first-order valence-electron chi connectivity index (χ1n) is 6.41. The molecule has 102 valence electrons.